The zero-order chi connectivity index (χ0) is 17.6. The highest BCUT2D eigenvalue weighted by molar-refractivity contribution is 5.95. The van der Waals surface area contributed by atoms with E-state index in [0.717, 1.165) is 24.3 Å². The maximum Gasteiger partial charge on any atom is 0.239 e. The fourth-order valence-corrected chi connectivity index (χ4v) is 2.76. The minimum atomic E-state index is -0.331. The Morgan fingerprint density at radius 2 is 1.88 bits per heavy atom. The fraction of sp³-hybridized carbons (Fsp3) is 0.263. The molecule has 0 bridgehead atoms. The molecule has 0 spiro atoms. The molecule has 1 aliphatic heterocycles. The largest absolute Gasteiger partial charge is 0.376 e. The van der Waals surface area contributed by atoms with Gasteiger partial charge in [-0.2, -0.15) is 0 Å². The minimum absolute atomic E-state index is 0.0937. The molecule has 2 aromatic rings. The third kappa shape index (κ3) is 4.35. The van der Waals surface area contributed by atoms with Crippen LogP contribution in [0, 0.1) is 5.82 Å². The third-order valence-electron chi connectivity index (χ3n) is 4.14. The lowest BCUT2D eigenvalue weighted by Gasteiger charge is -2.16. The van der Waals surface area contributed by atoms with E-state index in [-0.39, 0.29) is 30.7 Å². The molecule has 0 radical (unpaired) electrons. The van der Waals surface area contributed by atoms with Gasteiger partial charge in [0.15, 0.2) is 0 Å². The van der Waals surface area contributed by atoms with Crippen LogP contribution in [0.4, 0.5) is 15.8 Å². The molecule has 3 rings (SSSR count). The number of anilines is 2. The van der Waals surface area contributed by atoms with Crippen molar-refractivity contribution in [2.75, 3.05) is 23.3 Å². The van der Waals surface area contributed by atoms with Crippen molar-refractivity contribution in [1.82, 2.24) is 5.32 Å². The normalized spacial score (nSPS) is 13.8. The van der Waals surface area contributed by atoms with Gasteiger partial charge in [-0.3, -0.25) is 9.59 Å². The summed E-state index contributed by atoms with van der Waals surface area (Å²) in [6.07, 6.45) is 1.49. The quantitative estimate of drug-likeness (QED) is 0.849. The number of nitrogens with one attached hydrogen (secondary N) is 2. The molecule has 1 aliphatic rings. The van der Waals surface area contributed by atoms with Crippen LogP contribution in [-0.2, 0) is 16.1 Å². The maximum absolute atomic E-state index is 13.5. The second kappa shape index (κ2) is 7.79. The highest BCUT2D eigenvalue weighted by atomic mass is 19.1. The van der Waals surface area contributed by atoms with Gasteiger partial charge in [-0.1, -0.05) is 18.2 Å². The van der Waals surface area contributed by atoms with Gasteiger partial charge < -0.3 is 15.5 Å². The Morgan fingerprint density at radius 3 is 2.56 bits per heavy atom. The Balaban J connectivity index is 1.47. The van der Waals surface area contributed by atoms with Crippen molar-refractivity contribution < 1.29 is 14.0 Å². The zero-order valence-electron chi connectivity index (χ0n) is 13.8. The summed E-state index contributed by atoms with van der Waals surface area (Å²) in [7, 11) is 0. The van der Waals surface area contributed by atoms with Gasteiger partial charge in [0.1, 0.15) is 5.82 Å². The fourth-order valence-electron chi connectivity index (χ4n) is 2.76. The molecule has 0 unspecified atom stereocenters. The van der Waals surface area contributed by atoms with E-state index in [2.05, 4.69) is 10.6 Å². The van der Waals surface area contributed by atoms with Crippen LogP contribution in [0.25, 0.3) is 0 Å². The number of benzene rings is 2. The highest BCUT2D eigenvalue weighted by Gasteiger charge is 2.21. The zero-order valence-corrected chi connectivity index (χ0v) is 13.8. The number of amides is 2. The first kappa shape index (κ1) is 17.0. The molecule has 0 atom stereocenters. The molecule has 1 fully saturated rings. The molecule has 1 saturated heterocycles. The predicted octanol–water partition coefficient (Wildman–Crippen LogP) is 2.68. The number of carbonyl (C=O) groups excluding carboxylic acids is 2. The van der Waals surface area contributed by atoms with Gasteiger partial charge in [-0.05, 0) is 36.8 Å². The van der Waals surface area contributed by atoms with Gasteiger partial charge in [0.05, 0.1) is 6.54 Å². The molecule has 1 heterocycles. The summed E-state index contributed by atoms with van der Waals surface area (Å²) in [4.78, 5) is 25.4. The molecular weight excluding hydrogens is 321 g/mol. The number of rotatable bonds is 6. The van der Waals surface area contributed by atoms with Crippen molar-refractivity contribution in [3.63, 3.8) is 0 Å². The Bertz CT molecular complexity index is 762. The number of hydrogen-bond acceptors (Lipinski definition) is 3. The predicted molar refractivity (Wildman–Crippen MR) is 94.8 cm³/mol. The van der Waals surface area contributed by atoms with E-state index >= 15 is 0 Å². The van der Waals surface area contributed by atoms with Crippen molar-refractivity contribution in [1.29, 1.82) is 0 Å². The first-order valence-corrected chi connectivity index (χ1v) is 8.28. The van der Waals surface area contributed by atoms with Crippen LogP contribution < -0.4 is 15.5 Å². The molecular formula is C19H20FN3O2. The molecule has 2 amide bonds. The summed E-state index contributed by atoms with van der Waals surface area (Å²) in [5.41, 5.74) is 2.11. The van der Waals surface area contributed by atoms with Crippen molar-refractivity contribution in [2.24, 2.45) is 0 Å². The Hall–Kier alpha value is -2.89. The van der Waals surface area contributed by atoms with E-state index in [0.29, 0.717) is 12.0 Å². The molecule has 25 heavy (non-hydrogen) atoms. The molecule has 2 N–H and O–H groups in total. The van der Waals surface area contributed by atoms with Gasteiger partial charge in [0.2, 0.25) is 11.8 Å². The summed E-state index contributed by atoms with van der Waals surface area (Å²) in [6, 6.07) is 13.8. The summed E-state index contributed by atoms with van der Waals surface area (Å²) in [5, 5.41) is 5.69. The van der Waals surface area contributed by atoms with Gasteiger partial charge in [0.25, 0.3) is 0 Å². The van der Waals surface area contributed by atoms with Gasteiger partial charge in [0, 0.05) is 36.4 Å². The van der Waals surface area contributed by atoms with Crippen molar-refractivity contribution in [3.05, 3.63) is 59.9 Å². The van der Waals surface area contributed by atoms with Crippen LogP contribution in [0.15, 0.2) is 48.5 Å². The molecule has 2 aromatic carbocycles. The molecule has 0 aromatic heterocycles. The molecule has 0 aliphatic carbocycles. The number of nitrogens with zero attached hydrogens (tertiary/aromatic N) is 1. The van der Waals surface area contributed by atoms with Crippen molar-refractivity contribution >= 4 is 23.2 Å². The number of carbonyl (C=O) groups is 2. The lowest BCUT2D eigenvalue weighted by atomic mass is 10.2. The van der Waals surface area contributed by atoms with Gasteiger partial charge in [-0.15, -0.1) is 0 Å². The van der Waals surface area contributed by atoms with Crippen LogP contribution in [-0.4, -0.2) is 24.9 Å². The number of hydrogen-bond donors (Lipinski definition) is 2. The summed E-state index contributed by atoms with van der Waals surface area (Å²) in [6.45, 7) is 1.00. The van der Waals surface area contributed by atoms with Crippen LogP contribution >= 0.6 is 0 Å². The van der Waals surface area contributed by atoms with E-state index in [4.69, 9.17) is 0 Å². The van der Waals surface area contributed by atoms with E-state index in [9.17, 15) is 14.0 Å². The van der Waals surface area contributed by atoms with Crippen LogP contribution in [0.1, 0.15) is 18.4 Å². The first-order chi connectivity index (χ1) is 12.1. The van der Waals surface area contributed by atoms with E-state index < -0.39 is 0 Å². The SMILES string of the molecule is O=C(CNc1ccc(N2CCCC2=O)cc1)NCc1ccccc1F. The summed E-state index contributed by atoms with van der Waals surface area (Å²) in [5.74, 6) is -0.405. The Kier molecular flexibility index (Phi) is 5.28. The monoisotopic (exact) mass is 341 g/mol. The van der Waals surface area contributed by atoms with Crippen LogP contribution in [0.3, 0.4) is 0 Å². The van der Waals surface area contributed by atoms with E-state index in [1.807, 2.05) is 24.3 Å². The molecule has 5 nitrogen and oxygen atoms in total. The van der Waals surface area contributed by atoms with Crippen molar-refractivity contribution in [2.45, 2.75) is 19.4 Å². The van der Waals surface area contributed by atoms with Gasteiger partial charge >= 0.3 is 0 Å². The summed E-state index contributed by atoms with van der Waals surface area (Å²) >= 11 is 0. The Labute approximate surface area is 145 Å². The second-order valence-electron chi connectivity index (χ2n) is 5.92. The Morgan fingerprint density at radius 1 is 1.12 bits per heavy atom. The average molecular weight is 341 g/mol. The van der Waals surface area contributed by atoms with Crippen LogP contribution in [0.5, 0.6) is 0 Å². The topological polar surface area (TPSA) is 61.4 Å². The molecule has 130 valence electrons. The lowest BCUT2D eigenvalue weighted by molar-refractivity contribution is -0.119. The molecule has 0 saturated carbocycles. The average Bonchev–Trinajstić information content (AvgIpc) is 3.06. The smallest absolute Gasteiger partial charge is 0.239 e. The number of halogens is 1. The summed E-state index contributed by atoms with van der Waals surface area (Å²) < 4.78 is 13.5. The lowest BCUT2D eigenvalue weighted by Crippen LogP contribution is -2.29. The van der Waals surface area contributed by atoms with E-state index in [1.165, 1.54) is 6.07 Å². The highest BCUT2D eigenvalue weighted by Crippen LogP contribution is 2.22. The van der Waals surface area contributed by atoms with Crippen molar-refractivity contribution in [3.8, 4) is 0 Å². The third-order valence-corrected chi connectivity index (χ3v) is 4.14. The van der Waals surface area contributed by atoms with Crippen LogP contribution in [0.2, 0.25) is 0 Å². The molecule has 6 heteroatoms. The minimum Gasteiger partial charge on any atom is -0.376 e. The van der Waals surface area contributed by atoms with E-state index in [1.54, 1.807) is 23.1 Å². The maximum atomic E-state index is 13.5. The standard InChI is InChI=1S/C19H20FN3O2/c20-17-5-2-1-4-14(17)12-22-18(24)13-21-15-7-9-16(10-8-15)23-11-3-6-19(23)25/h1-2,4-5,7-10,21H,3,6,11-13H2,(H,22,24). The second-order valence-corrected chi connectivity index (χ2v) is 5.92. The first-order valence-electron chi connectivity index (χ1n) is 8.28. The van der Waals surface area contributed by atoms with Gasteiger partial charge in [-0.25, -0.2) is 4.39 Å².